The van der Waals surface area contributed by atoms with Gasteiger partial charge < -0.3 is 14.9 Å². The van der Waals surface area contributed by atoms with Gasteiger partial charge in [-0.25, -0.2) is 9.79 Å². The number of carbonyl (C=O) groups excluding carboxylic acids is 1. The van der Waals surface area contributed by atoms with E-state index < -0.39 is 11.9 Å². The van der Waals surface area contributed by atoms with Gasteiger partial charge in [-0.15, -0.1) is 11.3 Å². The van der Waals surface area contributed by atoms with E-state index in [2.05, 4.69) is 4.99 Å². The van der Waals surface area contributed by atoms with Gasteiger partial charge in [-0.1, -0.05) is 24.6 Å². The zero-order chi connectivity index (χ0) is 21.0. The van der Waals surface area contributed by atoms with Gasteiger partial charge in [-0.3, -0.25) is 9.36 Å². The largest absolute Gasteiger partial charge is 0.493 e. The molecule has 0 unspecified atom stereocenters. The normalized spacial score (nSPS) is 14.0. The summed E-state index contributed by atoms with van der Waals surface area (Å²) in [5, 5.41) is 19.4. The van der Waals surface area contributed by atoms with E-state index >= 15 is 0 Å². The number of carboxylic acid groups (broad SMARTS) is 1. The molecule has 0 saturated heterocycles. The van der Waals surface area contributed by atoms with Crippen LogP contribution in [0.3, 0.4) is 0 Å². The molecule has 1 aromatic heterocycles. The van der Waals surface area contributed by atoms with Crippen LogP contribution in [0.4, 0.5) is 5.69 Å². The smallest absolute Gasteiger partial charge is 0.357 e. The quantitative estimate of drug-likeness (QED) is 0.364. The molecule has 29 heavy (non-hydrogen) atoms. The Labute approximate surface area is 176 Å². The molecule has 7 nitrogen and oxygen atoms in total. The Morgan fingerprint density at radius 1 is 1.28 bits per heavy atom. The Bertz CT molecular complexity index is 1070. The first-order valence-corrected chi connectivity index (χ1v) is 10.3. The molecule has 0 saturated carbocycles. The number of rotatable bonds is 8. The molecule has 0 spiro atoms. The van der Waals surface area contributed by atoms with Gasteiger partial charge in [-0.2, -0.15) is 0 Å². The average molecular weight is 433 g/mol. The number of ether oxygens (including phenoxy) is 1. The van der Waals surface area contributed by atoms with Crippen LogP contribution in [-0.2, 0) is 20.9 Å². The van der Waals surface area contributed by atoms with Crippen molar-refractivity contribution in [3.8, 4) is 5.88 Å². The summed E-state index contributed by atoms with van der Waals surface area (Å²) in [7, 11) is 1.30. The maximum absolute atomic E-state index is 12.2. The second kappa shape index (κ2) is 9.15. The molecule has 1 aliphatic rings. The minimum absolute atomic E-state index is 0.0272. The van der Waals surface area contributed by atoms with Crippen LogP contribution in [-0.4, -0.2) is 39.5 Å². The number of hydrogen-bond donors (Lipinski definition) is 2. The van der Waals surface area contributed by atoms with E-state index in [1.165, 1.54) is 18.4 Å². The van der Waals surface area contributed by atoms with Crippen molar-refractivity contribution in [1.29, 1.82) is 0 Å². The predicted octanol–water partition coefficient (Wildman–Crippen LogP) is 4.43. The topological polar surface area (TPSA) is 101 Å². The van der Waals surface area contributed by atoms with E-state index in [-0.39, 0.29) is 18.0 Å². The number of thiazole rings is 1. The van der Waals surface area contributed by atoms with Gasteiger partial charge in [0, 0.05) is 24.1 Å². The third kappa shape index (κ3) is 4.63. The minimum atomic E-state index is -0.811. The Morgan fingerprint density at radius 2 is 2.03 bits per heavy atom. The molecule has 0 atom stereocenters. The molecule has 0 radical (unpaired) electrons. The molecule has 2 N–H and O–H groups in total. The van der Waals surface area contributed by atoms with Gasteiger partial charge in [0.2, 0.25) is 5.88 Å². The number of aromatic nitrogens is 1. The van der Waals surface area contributed by atoms with Crippen molar-refractivity contribution in [3.05, 3.63) is 38.7 Å². The fourth-order valence-electron chi connectivity index (χ4n) is 3.07. The molecular weight excluding hydrogens is 412 g/mol. The lowest BCUT2D eigenvalue weighted by atomic mass is 10.0. The lowest BCUT2D eigenvalue weighted by Gasteiger charge is -2.05. The summed E-state index contributed by atoms with van der Waals surface area (Å²) in [6.07, 6.45) is 3.86. The number of carboxylic acids is 1. The summed E-state index contributed by atoms with van der Waals surface area (Å²) in [4.78, 5) is 27.6. The Balaban J connectivity index is 1.86. The lowest BCUT2D eigenvalue weighted by molar-refractivity contribution is -0.137. The first-order chi connectivity index (χ1) is 13.9. The highest BCUT2D eigenvalue weighted by Gasteiger charge is 2.27. The van der Waals surface area contributed by atoms with E-state index in [0.29, 0.717) is 39.5 Å². The van der Waals surface area contributed by atoms with Crippen LogP contribution >= 0.6 is 23.6 Å². The van der Waals surface area contributed by atoms with Crippen LogP contribution in [0.2, 0.25) is 0 Å². The molecule has 0 fully saturated rings. The summed E-state index contributed by atoms with van der Waals surface area (Å²) in [5.74, 6) is -1.33. The second-order valence-corrected chi connectivity index (χ2v) is 8.11. The van der Waals surface area contributed by atoms with E-state index in [1.807, 2.05) is 24.3 Å². The van der Waals surface area contributed by atoms with Crippen LogP contribution in [0, 0.1) is 3.95 Å². The molecule has 0 bridgehead atoms. The number of esters is 1. The van der Waals surface area contributed by atoms with Crippen molar-refractivity contribution in [2.24, 2.45) is 4.99 Å². The SMILES string of the molecule is COC(=O)C1=Nc2ccccc2/C1=C\c1sc(=S)n(CCCCCC(=O)O)c1O. The second-order valence-electron chi connectivity index (χ2n) is 6.44. The molecule has 0 aliphatic carbocycles. The maximum atomic E-state index is 12.2. The summed E-state index contributed by atoms with van der Waals surface area (Å²) in [6, 6.07) is 7.36. The van der Waals surface area contributed by atoms with Crippen molar-refractivity contribution >= 4 is 58.5 Å². The van der Waals surface area contributed by atoms with Gasteiger partial charge in [0.15, 0.2) is 9.67 Å². The van der Waals surface area contributed by atoms with Crippen molar-refractivity contribution in [3.63, 3.8) is 0 Å². The van der Waals surface area contributed by atoms with Crippen LogP contribution in [0.5, 0.6) is 5.88 Å². The molecule has 9 heteroatoms. The number of fused-ring (bicyclic) bond motifs is 1. The average Bonchev–Trinajstić information content (AvgIpc) is 3.19. The number of aromatic hydroxyl groups is 1. The number of para-hydroxylation sites is 1. The Hall–Kier alpha value is -2.78. The first-order valence-electron chi connectivity index (χ1n) is 9.05. The van der Waals surface area contributed by atoms with Crippen LogP contribution < -0.4 is 0 Å². The molecule has 2 heterocycles. The van der Waals surface area contributed by atoms with E-state index in [4.69, 9.17) is 22.1 Å². The molecule has 3 rings (SSSR count). The van der Waals surface area contributed by atoms with E-state index in [9.17, 15) is 14.7 Å². The highest BCUT2D eigenvalue weighted by molar-refractivity contribution is 7.73. The molecule has 1 aliphatic heterocycles. The highest BCUT2D eigenvalue weighted by atomic mass is 32.1. The van der Waals surface area contributed by atoms with Gasteiger partial charge in [0.25, 0.3) is 0 Å². The number of hydrogen-bond acceptors (Lipinski definition) is 7. The molecular formula is C20H20N2O5S2. The van der Waals surface area contributed by atoms with Gasteiger partial charge >= 0.3 is 11.9 Å². The van der Waals surface area contributed by atoms with Crippen molar-refractivity contribution in [1.82, 2.24) is 4.57 Å². The number of methoxy groups -OCH3 is 1. The fourth-order valence-corrected chi connectivity index (χ4v) is 4.37. The van der Waals surface area contributed by atoms with E-state index in [1.54, 1.807) is 10.6 Å². The number of unbranched alkanes of at least 4 members (excludes halogenated alkanes) is 2. The summed E-state index contributed by atoms with van der Waals surface area (Å²) in [5.41, 5.74) is 2.21. The molecule has 1 aromatic carbocycles. The monoisotopic (exact) mass is 432 g/mol. The number of nitrogens with zero attached hydrogens (tertiary/aromatic N) is 2. The number of aliphatic imine (C=N–C) groups is 1. The first kappa shape index (κ1) is 20.9. The molecule has 0 amide bonds. The Morgan fingerprint density at radius 3 is 2.76 bits per heavy atom. The standard InChI is InChI=1S/C20H20N2O5S2/c1-27-19(26)17-13(12-7-4-5-8-14(12)21-17)11-15-18(25)22(20(28)29-15)10-6-2-3-9-16(23)24/h4-5,7-8,11,25H,2-3,6,9-10H2,1H3,(H,23,24)/b13-11+. The van der Waals surface area contributed by atoms with Gasteiger partial charge in [0.1, 0.15) is 0 Å². The van der Waals surface area contributed by atoms with Gasteiger partial charge in [-0.05, 0) is 37.2 Å². The number of carbonyl (C=O) groups is 2. The number of benzene rings is 1. The third-order valence-electron chi connectivity index (χ3n) is 4.50. The van der Waals surface area contributed by atoms with Crippen molar-refractivity contribution in [2.75, 3.05) is 7.11 Å². The summed E-state index contributed by atoms with van der Waals surface area (Å²) >= 11 is 6.62. The molecule has 2 aromatic rings. The zero-order valence-corrected chi connectivity index (χ0v) is 17.4. The van der Waals surface area contributed by atoms with Crippen LogP contribution in [0.25, 0.3) is 11.6 Å². The summed E-state index contributed by atoms with van der Waals surface area (Å²) in [6.45, 7) is 0.499. The lowest BCUT2D eigenvalue weighted by Crippen LogP contribution is -2.14. The van der Waals surface area contributed by atoms with Crippen molar-refractivity contribution < 1.29 is 24.5 Å². The fraction of sp³-hybridized carbons (Fsp3) is 0.300. The minimum Gasteiger partial charge on any atom is -0.493 e. The number of aliphatic carboxylic acids is 1. The predicted molar refractivity (Wildman–Crippen MR) is 114 cm³/mol. The third-order valence-corrected chi connectivity index (χ3v) is 5.89. The Kier molecular flexibility index (Phi) is 6.60. The highest BCUT2D eigenvalue weighted by Crippen LogP contribution is 2.38. The zero-order valence-electron chi connectivity index (χ0n) is 15.8. The van der Waals surface area contributed by atoms with Gasteiger partial charge in [0.05, 0.1) is 17.7 Å². The van der Waals surface area contributed by atoms with E-state index in [0.717, 1.165) is 12.0 Å². The summed E-state index contributed by atoms with van der Waals surface area (Å²) < 4.78 is 6.99. The maximum Gasteiger partial charge on any atom is 0.357 e. The van der Waals surface area contributed by atoms with Crippen LogP contribution in [0.1, 0.15) is 36.1 Å². The van der Waals surface area contributed by atoms with Crippen molar-refractivity contribution in [2.45, 2.75) is 32.2 Å². The van der Waals surface area contributed by atoms with Crippen LogP contribution in [0.15, 0.2) is 29.3 Å². The molecule has 152 valence electrons.